The normalized spacial score (nSPS) is 15.8. The highest BCUT2D eigenvalue weighted by Crippen LogP contribution is 2.42. The van der Waals surface area contributed by atoms with E-state index in [0.29, 0.717) is 27.4 Å². The van der Waals surface area contributed by atoms with Crippen LogP contribution in [0.5, 0.6) is 5.75 Å². The van der Waals surface area contributed by atoms with Crippen molar-refractivity contribution in [1.82, 2.24) is 10.2 Å². The standard InChI is InChI=1S/C25H23N3O4S/c1-13-26-27-24(33-13)28-20(14-6-8-15(9-7-14)25(2,3)4)19-21(29)17-11-10-16(31-5)12-18(17)32-22(19)23(28)30/h6-12,20H,1-5H3/t20-/m1/s1. The molecular weight excluding hydrogens is 438 g/mol. The van der Waals surface area contributed by atoms with Gasteiger partial charge in [-0.1, -0.05) is 56.4 Å². The highest BCUT2D eigenvalue weighted by Gasteiger charge is 2.45. The van der Waals surface area contributed by atoms with Crippen molar-refractivity contribution in [3.8, 4) is 5.75 Å². The van der Waals surface area contributed by atoms with Crippen molar-refractivity contribution in [2.45, 2.75) is 39.2 Å². The summed E-state index contributed by atoms with van der Waals surface area (Å²) in [7, 11) is 1.54. The van der Waals surface area contributed by atoms with Crippen molar-refractivity contribution < 1.29 is 13.9 Å². The minimum atomic E-state index is -0.656. The molecule has 0 bridgehead atoms. The number of amides is 1. The van der Waals surface area contributed by atoms with E-state index in [4.69, 9.17) is 9.15 Å². The van der Waals surface area contributed by atoms with Gasteiger partial charge in [-0.3, -0.25) is 14.5 Å². The van der Waals surface area contributed by atoms with Crippen LogP contribution in [0.4, 0.5) is 5.13 Å². The fourth-order valence-electron chi connectivity index (χ4n) is 4.14. The number of rotatable bonds is 3. The van der Waals surface area contributed by atoms with Gasteiger partial charge < -0.3 is 9.15 Å². The van der Waals surface area contributed by atoms with Gasteiger partial charge in [0.25, 0.3) is 5.91 Å². The van der Waals surface area contributed by atoms with Gasteiger partial charge in [0, 0.05) is 6.07 Å². The Morgan fingerprint density at radius 3 is 2.39 bits per heavy atom. The molecule has 4 aromatic rings. The summed E-state index contributed by atoms with van der Waals surface area (Å²) in [6.45, 7) is 8.25. The molecule has 0 saturated heterocycles. The molecule has 168 valence electrons. The van der Waals surface area contributed by atoms with Gasteiger partial charge in [0.05, 0.1) is 24.1 Å². The summed E-state index contributed by atoms with van der Waals surface area (Å²) in [6.07, 6.45) is 0. The molecule has 7 nitrogen and oxygen atoms in total. The third kappa shape index (κ3) is 3.41. The van der Waals surface area contributed by atoms with E-state index >= 15 is 0 Å². The number of aromatic nitrogens is 2. The first-order valence-electron chi connectivity index (χ1n) is 10.6. The minimum Gasteiger partial charge on any atom is -0.497 e. The lowest BCUT2D eigenvalue weighted by Crippen LogP contribution is -2.29. The average Bonchev–Trinajstić information content (AvgIpc) is 3.34. The van der Waals surface area contributed by atoms with Crippen molar-refractivity contribution in [1.29, 1.82) is 0 Å². The molecule has 1 atom stereocenters. The molecule has 2 aromatic carbocycles. The molecule has 0 saturated carbocycles. The largest absolute Gasteiger partial charge is 0.497 e. The summed E-state index contributed by atoms with van der Waals surface area (Å²) in [5, 5.41) is 9.83. The molecule has 0 radical (unpaired) electrons. The maximum atomic E-state index is 13.6. The molecule has 0 spiro atoms. The van der Waals surface area contributed by atoms with Gasteiger partial charge in [-0.2, -0.15) is 0 Å². The van der Waals surface area contributed by atoms with Crippen LogP contribution < -0.4 is 15.1 Å². The Hall–Kier alpha value is -3.52. The van der Waals surface area contributed by atoms with Crippen LogP contribution in [0.1, 0.15) is 59.1 Å². The average molecular weight is 462 g/mol. The first-order valence-corrected chi connectivity index (χ1v) is 11.4. The summed E-state index contributed by atoms with van der Waals surface area (Å²) in [6, 6.07) is 12.3. The first kappa shape index (κ1) is 21.3. The zero-order valence-electron chi connectivity index (χ0n) is 19.0. The van der Waals surface area contributed by atoms with Crippen LogP contribution in [0, 0.1) is 6.92 Å². The van der Waals surface area contributed by atoms with Gasteiger partial charge in [0.15, 0.2) is 5.43 Å². The number of ether oxygens (including phenoxy) is 1. The van der Waals surface area contributed by atoms with Crippen molar-refractivity contribution in [3.63, 3.8) is 0 Å². The predicted molar refractivity (Wildman–Crippen MR) is 127 cm³/mol. The summed E-state index contributed by atoms with van der Waals surface area (Å²) in [5.41, 5.74) is 2.33. The number of nitrogens with zero attached hydrogens (tertiary/aromatic N) is 3. The highest BCUT2D eigenvalue weighted by molar-refractivity contribution is 7.15. The Balaban J connectivity index is 1.76. The topological polar surface area (TPSA) is 85.5 Å². The van der Waals surface area contributed by atoms with E-state index in [-0.39, 0.29) is 16.6 Å². The Labute approximate surface area is 194 Å². The number of hydrogen-bond acceptors (Lipinski definition) is 7. The van der Waals surface area contributed by atoms with E-state index < -0.39 is 11.9 Å². The van der Waals surface area contributed by atoms with Gasteiger partial charge >= 0.3 is 0 Å². The maximum absolute atomic E-state index is 13.6. The van der Waals surface area contributed by atoms with Crippen LogP contribution in [0.25, 0.3) is 11.0 Å². The number of hydrogen-bond donors (Lipinski definition) is 0. The second-order valence-corrected chi connectivity index (χ2v) is 10.2. The second-order valence-electron chi connectivity index (χ2n) is 9.09. The van der Waals surface area contributed by atoms with Crippen LogP contribution in [-0.2, 0) is 5.41 Å². The molecule has 2 aromatic heterocycles. The zero-order valence-corrected chi connectivity index (χ0v) is 19.8. The Morgan fingerprint density at radius 1 is 1.06 bits per heavy atom. The van der Waals surface area contributed by atoms with Crippen molar-refractivity contribution in [3.05, 3.63) is 80.1 Å². The van der Waals surface area contributed by atoms with E-state index in [1.54, 1.807) is 18.2 Å². The number of carbonyl (C=O) groups excluding carboxylic acids is 1. The summed E-state index contributed by atoms with van der Waals surface area (Å²) in [5.74, 6) is 0.161. The first-order chi connectivity index (χ1) is 15.7. The van der Waals surface area contributed by atoms with E-state index in [1.165, 1.54) is 23.3 Å². The molecule has 0 unspecified atom stereocenters. The Bertz CT molecular complexity index is 1450. The molecule has 0 N–H and O–H groups in total. The molecule has 0 aliphatic carbocycles. The zero-order chi connectivity index (χ0) is 23.5. The number of fused-ring (bicyclic) bond motifs is 2. The molecule has 1 aliphatic heterocycles. The van der Waals surface area contributed by atoms with Gasteiger partial charge in [-0.15, -0.1) is 10.2 Å². The molecule has 5 rings (SSSR count). The van der Waals surface area contributed by atoms with Crippen LogP contribution >= 0.6 is 11.3 Å². The third-order valence-electron chi connectivity index (χ3n) is 5.89. The minimum absolute atomic E-state index is 0.0216. The van der Waals surface area contributed by atoms with Crippen LogP contribution in [0.2, 0.25) is 0 Å². The Morgan fingerprint density at radius 2 is 1.79 bits per heavy atom. The van der Waals surface area contributed by atoms with Crippen molar-refractivity contribution in [2.75, 3.05) is 12.0 Å². The molecule has 8 heteroatoms. The summed E-state index contributed by atoms with van der Waals surface area (Å²) < 4.78 is 11.3. The lowest BCUT2D eigenvalue weighted by Gasteiger charge is -2.24. The lowest BCUT2D eigenvalue weighted by molar-refractivity contribution is 0.0970. The fourth-order valence-corrected chi connectivity index (χ4v) is 4.85. The smallest absolute Gasteiger partial charge is 0.297 e. The fraction of sp³-hybridized carbons (Fsp3) is 0.280. The van der Waals surface area contributed by atoms with Crippen LogP contribution in [0.15, 0.2) is 51.7 Å². The number of anilines is 1. The van der Waals surface area contributed by atoms with Crippen LogP contribution in [-0.4, -0.2) is 23.2 Å². The van der Waals surface area contributed by atoms with Crippen molar-refractivity contribution >= 4 is 33.3 Å². The van der Waals surface area contributed by atoms with Gasteiger partial charge in [-0.05, 0) is 35.6 Å². The molecule has 0 fully saturated rings. The van der Waals surface area contributed by atoms with E-state index in [0.717, 1.165) is 16.1 Å². The van der Waals surface area contributed by atoms with Crippen LogP contribution in [0.3, 0.4) is 0 Å². The number of carbonyl (C=O) groups is 1. The molecular formula is C25H23N3O4S. The second kappa shape index (κ2) is 7.52. The lowest BCUT2D eigenvalue weighted by atomic mass is 9.86. The van der Waals surface area contributed by atoms with Gasteiger partial charge in [0.1, 0.15) is 16.3 Å². The highest BCUT2D eigenvalue weighted by atomic mass is 32.1. The predicted octanol–water partition coefficient (Wildman–Crippen LogP) is 5.01. The SMILES string of the molecule is COc1ccc2c(=O)c3c(oc2c1)C(=O)N(c1nnc(C)s1)[C@@H]3c1ccc(C(C)(C)C)cc1. The monoisotopic (exact) mass is 461 g/mol. The van der Waals surface area contributed by atoms with Gasteiger partial charge in [-0.25, -0.2) is 0 Å². The third-order valence-corrected chi connectivity index (χ3v) is 6.73. The summed E-state index contributed by atoms with van der Waals surface area (Å²) >= 11 is 1.30. The maximum Gasteiger partial charge on any atom is 0.297 e. The number of methoxy groups -OCH3 is 1. The number of aryl methyl sites for hydroxylation is 1. The molecule has 1 amide bonds. The number of benzene rings is 2. The molecule has 3 heterocycles. The quantitative estimate of drug-likeness (QED) is 0.426. The molecule has 33 heavy (non-hydrogen) atoms. The molecule has 1 aliphatic rings. The summed E-state index contributed by atoms with van der Waals surface area (Å²) in [4.78, 5) is 28.7. The van der Waals surface area contributed by atoms with Crippen molar-refractivity contribution in [2.24, 2.45) is 0 Å². The van der Waals surface area contributed by atoms with Gasteiger partial charge in [0.2, 0.25) is 10.9 Å². The Kier molecular flexibility index (Phi) is 4.86. The van der Waals surface area contributed by atoms with E-state index in [2.05, 4.69) is 31.0 Å². The van der Waals surface area contributed by atoms with E-state index in [1.807, 2.05) is 31.2 Å². The van der Waals surface area contributed by atoms with E-state index in [9.17, 15) is 9.59 Å².